The number of nitrogens with one attached hydrogen (secondary N) is 1. The summed E-state index contributed by atoms with van der Waals surface area (Å²) in [5, 5.41) is 3.72. The van der Waals surface area contributed by atoms with Gasteiger partial charge in [-0.1, -0.05) is 45.2 Å². The van der Waals surface area contributed by atoms with Gasteiger partial charge in [-0.15, -0.1) is 0 Å². The lowest BCUT2D eigenvalue weighted by molar-refractivity contribution is 0.146. The maximum Gasteiger partial charge on any atom is 0.119 e. The maximum atomic E-state index is 5.55. The number of benzene rings is 1. The predicted octanol–water partition coefficient (Wildman–Crippen LogP) is 4.71. The zero-order valence-electron chi connectivity index (χ0n) is 13.2. The molecule has 0 heterocycles. The molecule has 1 fully saturated rings. The van der Waals surface area contributed by atoms with E-state index in [4.69, 9.17) is 4.74 Å². The monoisotopic (exact) mass is 275 g/mol. The van der Waals surface area contributed by atoms with E-state index in [1.165, 1.54) is 37.7 Å². The SMILES string of the molecule is CCNC(c1ccc(OCC)cc1)C1(C)CCCCC1. The van der Waals surface area contributed by atoms with Gasteiger partial charge < -0.3 is 10.1 Å². The van der Waals surface area contributed by atoms with Crippen molar-refractivity contribution in [2.75, 3.05) is 13.2 Å². The van der Waals surface area contributed by atoms with Crippen LogP contribution in [0, 0.1) is 5.41 Å². The summed E-state index contributed by atoms with van der Waals surface area (Å²) in [5.41, 5.74) is 1.79. The summed E-state index contributed by atoms with van der Waals surface area (Å²) in [7, 11) is 0. The summed E-state index contributed by atoms with van der Waals surface area (Å²) < 4.78 is 5.55. The first kappa shape index (κ1) is 15.4. The summed E-state index contributed by atoms with van der Waals surface area (Å²) in [6, 6.07) is 9.14. The van der Waals surface area contributed by atoms with E-state index in [9.17, 15) is 0 Å². The van der Waals surface area contributed by atoms with Crippen LogP contribution in [0.5, 0.6) is 5.75 Å². The Morgan fingerprint density at radius 2 is 1.75 bits per heavy atom. The van der Waals surface area contributed by atoms with Crippen molar-refractivity contribution in [2.45, 2.75) is 58.9 Å². The normalized spacial score (nSPS) is 19.6. The topological polar surface area (TPSA) is 21.3 Å². The van der Waals surface area contributed by atoms with Gasteiger partial charge in [0, 0.05) is 6.04 Å². The summed E-state index contributed by atoms with van der Waals surface area (Å²) in [6.45, 7) is 8.43. The lowest BCUT2D eigenvalue weighted by Crippen LogP contribution is -2.37. The molecule has 112 valence electrons. The van der Waals surface area contributed by atoms with E-state index in [0.717, 1.165) is 18.9 Å². The van der Waals surface area contributed by atoms with Crippen LogP contribution < -0.4 is 10.1 Å². The van der Waals surface area contributed by atoms with Crippen molar-refractivity contribution >= 4 is 0 Å². The summed E-state index contributed by atoms with van der Waals surface area (Å²) in [6.07, 6.45) is 6.80. The molecule has 2 heteroatoms. The molecule has 1 unspecified atom stereocenters. The maximum absolute atomic E-state index is 5.55. The van der Waals surface area contributed by atoms with Crippen LogP contribution in [-0.2, 0) is 0 Å². The molecular weight excluding hydrogens is 246 g/mol. The van der Waals surface area contributed by atoms with Crippen LogP contribution in [-0.4, -0.2) is 13.2 Å². The number of hydrogen-bond acceptors (Lipinski definition) is 2. The molecular formula is C18H29NO. The zero-order chi connectivity index (χ0) is 14.4. The van der Waals surface area contributed by atoms with Crippen LogP contribution in [0.2, 0.25) is 0 Å². The lowest BCUT2D eigenvalue weighted by Gasteiger charge is -2.41. The Hall–Kier alpha value is -1.02. The molecule has 0 aliphatic heterocycles. The highest BCUT2D eigenvalue weighted by Gasteiger charge is 2.35. The zero-order valence-corrected chi connectivity index (χ0v) is 13.2. The highest BCUT2D eigenvalue weighted by Crippen LogP contribution is 2.45. The molecule has 1 aliphatic carbocycles. The van der Waals surface area contributed by atoms with Gasteiger partial charge in [0.15, 0.2) is 0 Å². The van der Waals surface area contributed by atoms with E-state index in [1.54, 1.807) is 0 Å². The van der Waals surface area contributed by atoms with Crippen LogP contribution in [0.3, 0.4) is 0 Å². The third-order valence-corrected chi connectivity index (χ3v) is 4.63. The van der Waals surface area contributed by atoms with Crippen molar-refractivity contribution < 1.29 is 4.74 Å². The van der Waals surface area contributed by atoms with E-state index in [2.05, 4.69) is 43.4 Å². The molecule has 0 saturated heterocycles. The summed E-state index contributed by atoms with van der Waals surface area (Å²) in [5.74, 6) is 0.972. The number of hydrogen-bond donors (Lipinski definition) is 1. The standard InChI is InChI=1S/C18H29NO/c1-4-19-17(18(3)13-7-6-8-14-18)15-9-11-16(12-10-15)20-5-2/h9-12,17,19H,4-8,13-14H2,1-3H3. The lowest BCUT2D eigenvalue weighted by atomic mass is 9.68. The second-order valence-electron chi connectivity index (χ2n) is 6.21. The van der Waals surface area contributed by atoms with Gasteiger partial charge in [0.05, 0.1) is 6.61 Å². The van der Waals surface area contributed by atoms with Gasteiger partial charge in [0.2, 0.25) is 0 Å². The average molecular weight is 275 g/mol. The Balaban J connectivity index is 2.18. The molecule has 1 aliphatic rings. The van der Waals surface area contributed by atoms with Crippen LogP contribution in [0.25, 0.3) is 0 Å². The molecule has 0 spiro atoms. The Labute approximate surface area is 123 Å². The minimum absolute atomic E-state index is 0.390. The molecule has 1 aromatic carbocycles. The van der Waals surface area contributed by atoms with Gasteiger partial charge in [-0.2, -0.15) is 0 Å². The second-order valence-corrected chi connectivity index (χ2v) is 6.21. The van der Waals surface area contributed by atoms with Gasteiger partial charge in [0.1, 0.15) is 5.75 Å². The van der Waals surface area contributed by atoms with E-state index >= 15 is 0 Å². The molecule has 1 aromatic rings. The Morgan fingerprint density at radius 3 is 2.30 bits per heavy atom. The Kier molecular flexibility index (Phi) is 5.47. The number of ether oxygens (including phenoxy) is 1. The van der Waals surface area contributed by atoms with Crippen molar-refractivity contribution in [3.63, 3.8) is 0 Å². The van der Waals surface area contributed by atoms with E-state index in [0.29, 0.717) is 11.5 Å². The van der Waals surface area contributed by atoms with E-state index in [1.807, 2.05) is 6.92 Å². The molecule has 0 amide bonds. The van der Waals surface area contributed by atoms with Crippen molar-refractivity contribution in [3.05, 3.63) is 29.8 Å². The first-order chi connectivity index (χ1) is 9.69. The van der Waals surface area contributed by atoms with Crippen molar-refractivity contribution in [1.29, 1.82) is 0 Å². The molecule has 1 saturated carbocycles. The smallest absolute Gasteiger partial charge is 0.119 e. The van der Waals surface area contributed by atoms with Gasteiger partial charge in [-0.05, 0) is 49.4 Å². The molecule has 20 heavy (non-hydrogen) atoms. The molecule has 0 bridgehead atoms. The number of rotatable bonds is 6. The molecule has 2 nitrogen and oxygen atoms in total. The van der Waals surface area contributed by atoms with Crippen LogP contribution in [0.4, 0.5) is 0 Å². The highest BCUT2D eigenvalue weighted by molar-refractivity contribution is 5.30. The van der Waals surface area contributed by atoms with Gasteiger partial charge in [0.25, 0.3) is 0 Å². The van der Waals surface area contributed by atoms with E-state index < -0.39 is 0 Å². The fourth-order valence-electron chi connectivity index (χ4n) is 3.54. The summed E-state index contributed by atoms with van der Waals surface area (Å²) in [4.78, 5) is 0. The Bertz CT molecular complexity index is 392. The van der Waals surface area contributed by atoms with Gasteiger partial charge in [-0.25, -0.2) is 0 Å². The summed E-state index contributed by atoms with van der Waals surface area (Å²) >= 11 is 0. The predicted molar refractivity (Wildman–Crippen MR) is 85.2 cm³/mol. The van der Waals surface area contributed by atoms with Crippen molar-refractivity contribution in [3.8, 4) is 5.75 Å². The fraction of sp³-hybridized carbons (Fsp3) is 0.667. The molecule has 0 radical (unpaired) electrons. The minimum Gasteiger partial charge on any atom is -0.494 e. The quantitative estimate of drug-likeness (QED) is 0.812. The fourth-order valence-corrected chi connectivity index (χ4v) is 3.54. The van der Waals surface area contributed by atoms with Crippen LogP contribution in [0.1, 0.15) is 64.5 Å². The Morgan fingerprint density at radius 1 is 1.10 bits per heavy atom. The van der Waals surface area contributed by atoms with Crippen molar-refractivity contribution in [2.24, 2.45) is 5.41 Å². The molecule has 1 atom stereocenters. The third kappa shape index (κ3) is 3.54. The third-order valence-electron chi connectivity index (χ3n) is 4.63. The molecule has 2 rings (SSSR count). The van der Waals surface area contributed by atoms with Crippen molar-refractivity contribution in [1.82, 2.24) is 5.32 Å². The highest BCUT2D eigenvalue weighted by atomic mass is 16.5. The largest absolute Gasteiger partial charge is 0.494 e. The van der Waals surface area contributed by atoms with Gasteiger partial charge >= 0.3 is 0 Å². The van der Waals surface area contributed by atoms with Crippen LogP contribution in [0.15, 0.2) is 24.3 Å². The van der Waals surface area contributed by atoms with Gasteiger partial charge in [-0.3, -0.25) is 0 Å². The second kappa shape index (κ2) is 7.12. The average Bonchev–Trinajstić information content (AvgIpc) is 2.47. The minimum atomic E-state index is 0.390. The first-order valence-corrected chi connectivity index (χ1v) is 8.16. The molecule has 0 aromatic heterocycles. The van der Waals surface area contributed by atoms with Crippen LogP contribution >= 0.6 is 0 Å². The first-order valence-electron chi connectivity index (χ1n) is 8.16. The molecule has 1 N–H and O–H groups in total. The van der Waals surface area contributed by atoms with E-state index in [-0.39, 0.29) is 0 Å².